The lowest BCUT2D eigenvalue weighted by Gasteiger charge is -2.16. The second-order valence-electron chi connectivity index (χ2n) is 2.94. The molecular weight excluding hydrogens is 295 g/mol. The van der Waals surface area contributed by atoms with E-state index in [1.54, 1.807) is 0 Å². The van der Waals surface area contributed by atoms with Gasteiger partial charge in [0.1, 0.15) is 0 Å². The fourth-order valence-corrected chi connectivity index (χ4v) is 1.55. The second-order valence-corrected chi connectivity index (χ2v) is 4.18. The van der Waals surface area contributed by atoms with Gasteiger partial charge in [0.2, 0.25) is 0 Å². The first kappa shape index (κ1) is 11.5. The molecule has 1 aromatic rings. The van der Waals surface area contributed by atoms with Crippen LogP contribution in [0, 0.1) is 3.57 Å². The zero-order valence-electron chi connectivity index (χ0n) is 7.57. The van der Waals surface area contributed by atoms with Gasteiger partial charge >= 0.3 is 0 Å². The average Bonchev–Trinajstić information content (AvgIpc) is 2.17. The number of hydrogen-bond donors (Lipinski definition) is 4. The number of nitrogens with two attached hydrogens (primary N) is 1. The lowest BCUT2D eigenvalue weighted by molar-refractivity contribution is 0.204. The lowest BCUT2D eigenvalue weighted by Crippen LogP contribution is -2.28. The van der Waals surface area contributed by atoms with Crippen molar-refractivity contribution >= 4 is 34.0 Å². The lowest BCUT2D eigenvalue weighted by atomic mass is 10.2. The van der Waals surface area contributed by atoms with Crippen molar-refractivity contribution in [1.82, 2.24) is 0 Å². The van der Waals surface area contributed by atoms with E-state index < -0.39 is 0 Å². The van der Waals surface area contributed by atoms with Crippen LogP contribution < -0.4 is 11.1 Å². The average molecular weight is 308 g/mol. The van der Waals surface area contributed by atoms with Gasteiger partial charge in [-0.2, -0.15) is 0 Å². The van der Waals surface area contributed by atoms with Gasteiger partial charge < -0.3 is 21.3 Å². The van der Waals surface area contributed by atoms with Crippen molar-refractivity contribution < 1.29 is 10.2 Å². The molecule has 1 rings (SSSR count). The number of nitrogens with one attached hydrogen (secondary N) is 1. The van der Waals surface area contributed by atoms with Gasteiger partial charge in [0.25, 0.3) is 0 Å². The number of aliphatic hydroxyl groups is 2. The maximum atomic E-state index is 8.87. The number of hydrogen-bond acceptors (Lipinski definition) is 4. The Morgan fingerprint density at radius 3 is 2.50 bits per heavy atom. The van der Waals surface area contributed by atoms with E-state index in [4.69, 9.17) is 15.9 Å². The van der Waals surface area contributed by atoms with E-state index >= 15 is 0 Å². The van der Waals surface area contributed by atoms with E-state index in [0.717, 1.165) is 9.26 Å². The highest BCUT2D eigenvalue weighted by Gasteiger charge is 2.07. The Bertz CT molecular complexity index is 303. The van der Waals surface area contributed by atoms with Gasteiger partial charge in [-0.05, 0) is 40.8 Å². The summed E-state index contributed by atoms with van der Waals surface area (Å²) in [6.45, 7) is -0.246. The number of benzene rings is 1. The summed E-state index contributed by atoms with van der Waals surface area (Å²) in [7, 11) is 0. The molecule has 1 aromatic carbocycles. The summed E-state index contributed by atoms with van der Waals surface area (Å²) in [4.78, 5) is 0. The number of nitrogen functional groups attached to an aromatic ring is 1. The Hall–Kier alpha value is -0.530. The van der Waals surface area contributed by atoms with Crippen molar-refractivity contribution in [3.8, 4) is 0 Å². The zero-order chi connectivity index (χ0) is 10.6. The fraction of sp³-hybridized carbons (Fsp3) is 0.333. The van der Waals surface area contributed by atoms with Crippen molar-refractivity contribution in [2.75, 3.05) is 24.3 Å². The molecule has 14 heavy (non-hydrogen) atoms. The van der Waals surface area contributed by atoms with Gasteiger partial charge in [0, 0.05) is 3.57 Å². The molecular formula is C9H13IN2O2. The van der Waals surface area contributed by atoms with Crippen LogP contribution in [0.4, 0.5) is 11.4 Å². The third kappa shape index (κ3) is 3.00. The molecule has 0 aliphatic carbocycles. The van der Waals surface area contributed by atoms with Crippen molar-refractivity contribution in [2.45, 2.75) is 6.04 Å². The van der Waals surface area contributed by atoms with E-state index in [1.165, 1.54) is 0 Å². The smallest absolute Gasteiger partial charge is 0.0723 e. The molecule has 0 saturated carbocycles. The van der Waals surface area contributed by atoms with Crippen molar-refractivity contribution in [2.24, 2.45) is 0 Å². The molecule has 0 saturated heterocycles. The largest absolute Gasteiger partial charge is 0.397 e. The van der Waals surface area contributed by atoms with Gasteiger partial charge in [-0.1, -0.05) is 0 Å². The third-order valence-corrected chi connectivity index (χ3v) is 2.49. The molecule has 0 amide bonds. The van der Waals surface area contributed by atoms with Gasteiger partial charge in [0.15, 0.2) is 0 Å². The first-order valence-corrected chi connectivity index (χ1v) is 5.28. The molecule has 0 aliphatic heterocycles. The first-order chi connectivity index (χ1) is 6.67. The van der Waals surface area contributed by atoms with E-state index in [9.17, 15) is 0 Å². The Labute approximate surface area is 96.3 Å². The van der Waals surface area contributed by atoms with E-state index in [0.29, 0.717) is 5.69 Å². The number of halogens is 1. The minimum absolute atomic E-state index is 0.123. The highest BCUT2D eigenvalue weighted by Crippen LogP contribution is 2.21. The Morgan fingerprint density at radius 2 is 2.00 bits per heavy atom. The number of rotatable bonds is 4. The van der Waals surface area contributed by atoms with E-state index in [-0.39, 0.29) is 19.3 Å². The molecule has 78 valence electrons. The highest BCUT2D eigenvalue weighted by molar-refractivity contribution is 14.1. The first-order valence-electron chi connectivity index (χ1n) is 4.20. The zero-order valence-corrected chi connectivity index (χ0v) is 9.73. The molecule has 0 fully saturated rings. The van der Waals surface area contributed by atoms with Crippen molar-refractivity contribution in [1.29, 1.82) is 0 Å². The normalized spacial score (nSPS) is 10.6. The molecule has 0 spiro atoms. The predicted octanol–water partition coefficient (Wildman–Crippen LogP) is 0.639. The molecule has 5 N–H and O–H groups in total. The molecule has 0 aliphatic rings. The maximum Gasteiger partial charge on any atom is 0.0723 e. The number of anilines is 2. The van der Waals surface area contributed by atoms with Crippen LogP contribution in [0.1, 0.15) is 0 Å². The summed E-state index contributed by atoms with van der Waals surface area (Å²) >= 11 is 2.17. The van der Waals surface area contributed by atoms with Gasteiger partial charge in [-0.25, -0.2) is 0 Å². The predicted molar refractivity (Wildman–Crippen MR) is 65.2 cm³/mol. The van der Waals surface area contributed by atoms with Gasteiger partial charge in [0.05, 0.1) is 30.6 Å². The Kier molecular flexibility index (Phi) is 4.43. The third-order valence-electron chi connectivity index (χ3n) is 1.81. The molecule has 0 unspecified atom stereocenters. The van der Waals surface area contributed by atoms with Crippen molar-refractivity contribution in [3.05, 3.63) is 21.8 Å². The quantitative estimate of drug-likeness (QED) is 0.486. The second kappa shape index (κ2) is 5.38. The molecule has 4 nitrogen and oxygen atoms in total. The van der Waals surface area contributed by atoms with Crippen LogP contribution >= 0.6 is 22.6 Å². The SMILES string of the molecule is Nc1cc(I)ccc1NC(CO)CO. The standard InChI is InChI=1S/C9H13IN2O2/c10-6-1-2-9(8(11)3-6)12-7(4-13)5-14/h1-3,7,12-14H,4-5,11H2. The van der Waals surface area contributed by atoms with Crippen molar-refractivity contribution in [3.63, 3.8) is 0 Å². The molecule has 0 radical (unpaired) electrons. The van der Waals surface area contributed by atoms with Crippen LogP contribution in [0.2, 0.25) is 0 Å². The van der Waals surface area contributed by atoms with Crippen LogP contribution in [-0.2, 0) is 0 Å². The van der Waals surface area contributed by atoms with Crippen LogP contribution in [0.3, 0.4) is 0 Å². The van der Waals surface area contributed by atoms with Gasteiger partial charge in [-0.15, -0.1) is 0 Å². The Morgan fingerprint density at radius 1 is 1.36 bits per heavy atom. The van der Waals surface area contributed by atoms with Gasteiger partial charge in [-0.3, -0.25) is 0 Å². The maximum absolute atomic E-state index is 8.87. The fourth-order valence-electron chi connectivity index (χ4n) is 1.03. The molecule has 0 heterocycles. The summed E-state index contributed by atoms with van der Waals surface area (Å²) in [6.07, 6.45) is 0. The van der Waals surface area contributed by atoms with Crippen LogP contribution in [0.15, 0.2) is 18.2 Å². The topological polar surface area (TPSA) is 78.5 Å². The Balaban J connectivity index is 2.76. The number of aliphatic hydroxyl groups excluding tert-OH is 2. The molecule has 0 atom stereocenters. The summed E-state index contributed by atoms with van der Waals surface area (Å²) in [5.41, 5.74) is 7.10. The monoisotopic (exact) mass is 308 g/mol. The van der Waals surface area contributed by atoms with Crippen LogP contribution in [0.25, 0.3) is 0 Å². The molecule has 0 bridgehead atoms. The molecule has 0 aromatic heterocycles. The summed E-state index contributed by atoms with van der Waals surface area (Å²) in [5, 5.41) is 20.7. The molecule has 5 heteroatoms. The van der Waals surface area contributed by atoms with E-state index in [1.807, 2.05) is 18.2 Å². The summed E-state index contributed by atoms with van der Waals surface area (Å²) < 4.78 is 1.05. The summed E-state index contributed by atoms with van der Waals surface area (Å²) in [6, 6.07) is 5.20. The van der Waals surface area contributed by atoms with E-state index in [2.05, 4.69) is 27.9 Å². The minimum Gasteiger partial charge on any atom is -0.397 e. The van der Waals surface area contributed by atoms with Crippen LogP contribution in [0.5, 0.6) is 0 Å². The minimum atomic E-state index is -0.364. The highest BCUT2D eigenvalue weighted by atomic mass is 127. The summed E-state index contributed by atoms with van der Waals surface area (Å²) in [5.74, 6) is 0. The van der Waals surface area contributed by atoms with Crippen LogP contribution in [-0.4, -0.2) is 29.5 Å².